The van der Waals surface area contributed by atoms with Gasteiger partial charge in [-0.3, -0.25) is 9.78 Å². The Bertz CT molecular complexity index is 1010. The Morgan fingerprint density at radius 2 is 2.07 bits per heavy atom. The predicted octanol–water partition coefficient (Wildman–Crippen LogP) is 2.77. The zero-order valence-corrected chi connectivity index (χ0v) is 16.2. The summed E-state index contributed by atoms with van der Waals surface area (Å²) in [6.07, 6.45) is 8.84. The molecule has 2 N–H and O–H groups in total. The van der Waals surface area contributed by atoms with Crippen LogP contribution in [0, 0.1) is 0 Å². The van der Waals surface area contributed by atoms with Gasteiger partial charge in [-0.25, -0.2) is 15.0 Å². The lowest BCUT2D eigenvalue weighted by Crippen LogP contribution is -2.34. The lowest BCUT2D eigenvalue weighted by Gasteiger charge is -2.19. The van der Waals surface area contributed by atoms with E-state index in [1.54, 1.807) is 23.7 Å². The van der Waals surface area contributed by atoms with Crippen molar-refractivity contribution in [3.8, 4) is 11.4 Å². The zero-order valence-electron chi connectivity index (χ0n) is 15.4. The maximum absolute atomic E-state index is 12.4. The number of fused-ring (bicyclic) bond motifs is 2. The zero-order chi connectivity index (χ0) is 18.9. The van der Waals surface area contributed by atoms with Crippen LogP contribution in [-0.2, 0) is 25.8 Å². The van der Waals surface area contributed by atoms with E-state index in [9.17, 15) is 4.79 Å². The number of aromatic nitrogens is 4. The van der Waals surface area contributed by atoms with Gasteiger partial charge >= 0.3 is 0 Å². The monoisotopic (exact) mass is 392 g/mol. The summed E-state index contributed by atoms with van der Waals surface area (Å²) in [5, 5.41) is 7.37. The number of pyridine rings is 1. The molecule has 7 nitrogen and oxygen atoms in total. The van der Waals surface area contributed by atoms with Crippen molar-refractivity contribution in [3.05, 3.63) is 51.4 Å². The molecule has 142 valence electrons. The summed E-state index contributed by atoms with van der Waals surface area (Å²) in [6, 6.07) is 3.74. The number of nitrogens with one attached hydrogen (secondary N) is 2. The first-order valence-electron chi connectivity index (χ1n) is 9.59. The lowest BCUT2D eigenvalue weighted by atomic mass is 10.0. The minimum atomic E-state index is -0.151. The Morgan fingerprint density at radius 3 is 2.93 bits per heavy atom. The Morgan fingerprint density at radius 1 is 1.14 bits per heavy atom. The van der Waals surface area contributed by atoms with Crippen LogP contribution in [-0.4, -0.2) is 32.4 Å². The van der Waals surface area contributed by atoms with Crippen LogP contribution >= 0.6 is 11.3 Å². The average molecular weight is 392 g/mol. The molecule has 1 aliphatic heterocycles. The minimum absolute atomic E-state index is 0.151. The molecule has 2 aliphatic rings. The van der Waals surface area contributed by atoms with Gasteiger partial charge in [-0.1, -0.05) is 0 Å². The van der Waals surface area contributed by atoms with Gasteiger partial charge in [0.25, 0.3) is 5.91 Å². The third kappa shape index (κ3) is 3.24. The van der Waals surface area contributed by atoms with E-state index in [4.69, 9.17) is 9.97 Å². The van der Waals surface area contributed by atoms with Crippen molar-refractivity contribution in [2.75, 3.05) is 11.9 Å². The summed E-state index contributed by atoms with van der Waals surface area (Å²) in [5.74, 6) is 1.07. The van der Waals surface area contributed by atoms with Crippen LogP contribution < -0.4 is 10.6 Å². The second kappa shape index (κ2) is 7.27. The molecule has 0 aromatic carbocycles. The molecule has 0 saturated carbocycles. The van der Waals surface area contributed by atoms with Crippen LogP contribution in [0.1, 0.15) is 44.5 Å². The van der Waals surface area contributed by atoms with Crippen LogP contribution in [0.2, 0.25) is 0 Å². The highest BCUT2D eigenvalue weighted by molar-refractivity contribution is 7.11. The first kappa shape index (κ1) is 17.2. The van der Waals surface area contributed by atoms with Gasteiger partial charge in [0.1, 0.15) is 16.5 Å². The van der Waals surface area contributed by atoms with E-state index in [2.05, 4.69) is 20.6 Å². The number of carbonyl (C=O) groups is 1. The standard InChI is InChI=1S/C20H20N6OS/c27-20-17-13(7-9-22-20)19(26-18(25-17)12-4-3-8-21-10-12)23-11-16-24-14-5-1-2-6-15(14)28-16/h3-4,8,10H,1-2,5-7,9,11H2,(H,22,27)(H,23,25,26). The van der Waals surface area contributed by atoms with Crippen LogP contribution in [0.4, 0.5) is 5.82 Å². The van der Waals surface area contributed by atoms with E-state index >= 15 is 0 Å². The number of amides is 1. The molecule has 0 saturated heterocycles. The van der Waals surface area contributed by atoms with Crippen molar-refractivity contribution in [3.63, 3.8) is 0 Å². The van der Waals surface area contributed by atoms with Gasteiger partial charge in [-0.15, -0.1) is 11.3 Å². The number of carbonyl (C=O) groups excluding carboxylic acids is 1. The molecule has 0 radical (unpaired) electrons. The van der Waals surface area contributed by atoms with E-state index in [1.165, 1.54) is 23.4 Å². The molecule has 1 aliphatic carbocycles. The van der Waals surface area contributed by atoms with E-state index in [1.807, 2.05) is 12.1 Å². The van der Waals surface area contributed by atoms with Gasteiger partial charge in [0, 0.05) is 34.9 Å². The van der Waals surface area contributed by atoms with Gasteiger partial charge in [0.15, 0.2) is 5.82 Å². The van der Waals surface area contributed by atoms with E-state index in [0.717, 1.165) is 29.0 Å². The molecule has 0 spiro atoms. The molecular formula is C20H20N6OS. The third-order valence-electron chi connectivity index (χ3n) is 5.10. The molecule has 28 heavy (non-hydrogen) atoms. The SMILES string of the molecule is O=C1NCCc2c(NCc3nc4c(s3)CCCC4)nc(-c3cccnc3)nc21. The molecule has 5 rings (SSSR count). The summed E-state index contributed by atoms with van der Waals surface area (Å²) in [7, 11) is 0. The predicted molar refractivity (Wildman–Crippen MR) is 107 cm³/mol. The van der Waals surface area contributed by atoms with Crippen molar-refractivity contribution in [1.29, 1.82) is 0 Å². The lowest BCUT2D eigenvalue weighted by molar-refractivity contribution is 0.0940. The molecule has 8 heteroatoms. The fourth-order valence-electron chi connectivity index (χ4n) is 3.70. The van der Waals surface area contributed by atoms with Crippen molar-refractivity contribution in [1.82, 2.24) is 25.3 Å². The summed E-state index contributed by atoms with van der Waals surface area (Å²) < 4.78 is 0. The molecule has 0 atom stereocenters. The highest BCUT2D eigenvalue weighted by atomic mass is 32.1. The summed E-state index contributed by atoms with van der Waals surface area (Å²) >= 11 is 1.79. The largest absolute Gasteiger partial charge is 0.363 e. The van der Waals surface area contributed by atoms with Gasteiger partial charge in [0.05, 0.1) is 12.2 Å². The number of hydrogen-bond donors (Lipinski definition) is 2. The fourth-order valence-corrected chi connectivity index (χ4v) is 4.80. The van der Waals surface area contributed by atoms with Crippen molar-refractivity contribution < 1.29 is 4.79 Å². The van der Waals surface area contributed by atoms with Gasteiger partial charge in [0.2, 0.25) is 0 Å². The third-order valence-corrected chi connectivity index (χ3v) is 6.26. The molecule has 3 aromatic rings. The van der Waals surface area contributed by atoms with Gasteiger partial charge in [-0.2, -0.15) is 0 Å². The Labute approximate surface area is 166 Å². The normalized spacial score (nSPS) is 15.5. The fraction of sp³-hybridized carbons (Fsp3) is 0.350. The number of rotatable bonds is 4. The smallest absolute Gasteiger partial charge is 0.270 e. The average Bonchev–Trinajstić information content (AvgIpc) is 3.16. The Kier molecular flexibility index (Phi) is 4.48. The van der Waals surface area contributed by atoms with E-state index in [-0.39, 0.29) is 5.91 Å². The Hall–Kier alpha value is -2.87. The summed E-state index contributed by atoms with van der Waals surface area (Å²) in [6.45, 7) is 1.21. The first-order valence-corrected chi connectivity index (χ1v) is 10.4. The van der Waals surface area contributed by atoms with Crippen LogP contribution in [0.3, 0.4) is 0 Å². The molecule has 0 unspecified atom stereocenters. The first-order chi connectivity index (χ1) is 13.8. The second-order valence-corrected chi connectivity index (χ2v) is 8.18. The molecule has 4 heterocycles. The summed E-state index contributed by atoms with van der Waals surface area (Å²) in [5.41, 5.74) is 3.36. The van der Waals surface area contributed by atoms with Crippen LogP contribution in [0.25, 0.3) is 11.4 Å². The number of nitrogens with zero attached hydrogens (tertiary/aromatic N) is 4. The topological polar surface area (TPSA) is 92.7 Å². The van der Waals surface area contributed by atoms with Gasteiger partial charge < -0.3 is 10.6 Å². The molecular weight excluding hydrogens is 372 g/mol. The Balaban J connectivity index is 1.48. The van der Waals surface area contributed by atoms with Crippen molar-refractivity contribution in [2.45, 2.75) is 38.6 Å². The number of anilines is 1. The highest BCUT2D eigenvalue weighted by Gasteiger charge is 2.24. The highest BCUT2D eigenvalue weighted by Crippen LogP contribution is 2.28. The maximum atomic E-state index is 12.4. The van der Waals surface area contributed by atoms with E-state index in [0.29, 0.717) is 36.8 Å². The number of aryl methyl sites for hydroxylation is 2. The molecule has 3 aromatic heterocycles. The number of thiazole rings is 1. The molecule has 0 bridgehead atoms. The molecule has 0 fully saturated rings. The van der Waals surface area contributed by atoms with Crippen molar-refractivity contribution in [2.24, 2.45) is 0 Å². The van der Waals surface area contributed by atoms with Crippen LogP contribution in [0.5, 0.6) is 0 Å². The quantitative estimate of drug-likeness (QED) is 0.709. The second-order valence-electron chi connectivity index (χ2n) is 7.01. The van der Waals surface area contributed by atoms with Crippen LogP contribution in [0.15, 0.2) is 24.5 Å². The maximum Gasteiger partial charge on any atom is 0.270 e. The van der Waals surface area contributed by atoms with Gasteiger partial charge in [-0.05, 0) is 44.2 Å². The van der Waals surface area contributed by atoms with E-state index < -0.39 is 0 Å². The summed E-state index contributed by atoms with van der Waals surface area (Å²) in [4.78, 5) is 32.0. The molecule has 1 amide bonds. The van der Waals surface area contributed by atoms with Crippen molar-refractivity contribution >= 4 is 23.1 Å². The minimum Gasteiger partial charge on any atom is -0.363 e. The number of hydrogen-bond acceptors (Lipinski definition) is 7.